The number of benzene rings is 1. The summed E-state index contributed by atoms with van der Waals surface area (Å²) >= 11 is 0. The van der Waals surface area contributed by atoms with Gasteiger partial charge in [-0.3, -0.25) is 0 Å². The van der Waals surface area contributed by atoms with E-state index in [1.54, 1.807) is 7.11 Å². The molecule has 0 N–H and O–H groups in total. The smallest absolute Gasteiger partial charge is 0.122 e. The SMILES string of the molecule is COc1ccccc1C[C@@H]1CCCN(CCC#N)C1. The third-order valence-electron chi connectivity index (χ3n) is 3.84. The summed E-state index contributed by atoms with van der Waals surface area (Å²) in [6, 6.07) is 10.5. The first-order valence-electron chi connectivity index (χ1n) is 7.04. The molecule has 0 bridgehead atoms. The second-order valence-corrected chi connectivity index (χ2v) is 5.23. The molecule has 0 radical (unpaired) electrons. The number of para-hydroxylation sites is 1. The van der Waals surface area contributed by atoms with Crippen LogP contribution in [0.15, 0.2) is 24.3 Å². The van der Waals surface area contributed by atoms with Crippen LogP contribution in [0.5, 0.6) is 5.75 Å². The molecule has 19 heavy (non-hydrogen) atoms. The van der Waals surface area contributed by atoms with Gasteiger partial charge in [0.25, 0.3) is 0 Å². The predicted octanol–water partition coefficient (Wildman–Crippen LogP) is 2.86. The van der Waals surface area contributed by atoms with Crippen LogP contribution in [-0.2, 0) is 6.42 Å². The highest BCUT2D eigenvalue weighted by molar-refractivity contribution is 5.33. The standard InChI is InChI=1S/C16H22N2O/c1-19-16-8-3-2-7-15(16)12-14-6-4-10-18(13-14)11-5-9-17/h2-3,7-8,14H,4-6,10-13H2,1H3/t14-/m0/s1. The van der Waals surface area contributed by atoms with Crippen LogP contribution in [0.2, 0.25) is 0 Å². The van der Waals surface area contributed by atoms with Gasteiger partial charge in [0, 0.05) is 19.5 Å². The van der Waals surface area contributed by atoms with Gasteiger partial charge in [-0.15, -0.1) is 0 Å². The molecule has 102 valence electrons. The molecule has 1 saturated heterocycles. The monoisotopic (exact) mass is 258 g/mol. The van der Waals surface area contributed by atoms with Gasteiger partial charge in [-0.05, 0) is 43.4 Å². The first-order valence-corrected chi connectivity index (χ1v) is 7.04. The van der Waals surface area contributed by atoms with E-state index >= 15 is 0 Å². The molecule has 1 aromatic carbocycles. The number of piperidine rings is 1. The molecule has 1 aliphatic rings. The Morgan fingerprint density at radius 2 is 2.26 bits per heavy atom. The largest absolute Gasteiger partial charge is 0.496 e. The van der Waals surface area contributed by atoms with Gasteiger partial charge in [0.05, 0.1) is 13.2 Å². The maximum atomic E-state index is 8.67. The average molecular weight is 258 g/mol. The highest BCUT2D eigenvalue weighted by Crippen LogP contribution is 2.25. The van der Waals surface area contributed by atoms with Crippen LogP contribution < -0.4 is 4.74 Å². The fourth-order valence-electron chi connectivity index (χ4n) is 2.91. The van der Waals surface area contributed by atoms with E-state index in [-0.39, 0.29) is 0 Å². The lowest BCUT2D eigenvalue weighted by Crippen LogP contribution is -2.36. The van der Waals surface area contributed by atoms with Crippen LogP contribution in [0, 0.1) is 17.2 Å². The number of hydrogen-bond acceptors (Lipinski definition) is 3. The molecule has 0 unspecified atom stereocenters. The summed E-state index contributed by atoms with van der Waals surface area (Å²) in [5.41, 5.74) is 1.30. The third kappa shape index (κ3) is 3.97. The molecule has 1 aliphatic heterocycles. The van der Waals surface area contributed by atoms with Gasteiger partial charge in [0.2, 0.25) is 0 Å². The van der Waals surface area contributed by atoms with Crippen molar-refractivity contribution in [3.8, 4) is 11.8 Å². The van der Waals surface area contributed by atoms with Crippen LogP contribution in [0.3, 0.4) is 0 Å². The van der Waals surface area contributed by atoms with E-state index in [0.29, 0.717) is 12.3 Å². The molecule has 0 amide bonds. The summed E-state index contributed by atoms with van der Waals surface area (Å²) in [4.78, 5) is 2.42. The molecule has 2 rings (SSSR count). The Hall–Kier alpha value is -1.53. The van der Waals surface area contributed by atoms with E-state index in [2.05, 4.69) is 23.1 Å². The van der Waals surface area contributed by atoms with Crippen LogP contribution in [0.4, 0.5) is 0 Å². The molecule has 3 nitrogen and oxygen atoms in total. The predicted molar refractivity (Wildman–Crippen MR) is 76.1 cm³/mol. The van der Waals surface area contributed by atoms with E-state index in [9.17, 15) is 0 Å². The minimum Gasteiger partial charge on any atom is -0.496 e. The first kappa shape index (κ1) is 13.9. The van der Waals surface area contributed by atoms with E-state index in [1.807, 2.05) is 12.1 Å². The lowest BCUT2D eigenvalue weighted by molar-refractivity contribution is 0.177. The van der Waals surface area contributed by atoms with E-state index in [4.69, 9.17) is 10.00 Å². The van der Waals surface area contributed by atoms with Crippen molar-refractivity contribution in [2.24, 2.45) is 5.92 Å². The Kier molecular flexibility index (Phi) is 5.23. The van der Waals surface area contributed by atoms with Crippen LogP contribution in [0.25, 0.3) is 0 Å². The molecular formula is C16H22N2O. The zero-order chi connectivity index (χ0) is 13.5. The molecule has 0 aliphatic carbocycles. The summed E-state index contributed by atoms with van der Waals surface area (Å²) in [6.45, 7) is 3.17. The number of ether oxygens (including phenoxy) is 1. The Bertz CT molecular complexity index is 439. The van der Waals surface area contributed by atoms with Gasteiger partial charge in [0.15, 0.2) is 0 Å². The molecular weight excluding hydrogens is 236 g/mol. The Morgan fingerprint density at radius 1 is 1.42 bits per heavy atom. The second kappa shape index (κ2) is 7.16. The van der Waals surface area contributed by atoms with Gasteiger partial charge < -0.3 is 9.64 Å². The lowest BCUT2D eigenvalue weighted by Gasteiger charge is -2.32. The lowest BCUT2D eigenvalue weighted by atomic mass is 9.91. The van der Waals surface area contributed by atoms with Gasteiger partial charge in [0.1, 0.15) is 5.75 Å². The molecule has 0 aromatic heterocycles. The normalized spacial score (nSPS) is 19.9. The summed E-state index contributed by atoms with van der Waals surface area (Å²) < 4.78 is 5.42. The second-order valence-electron chi connectivity index (χ2n) is 5.23. The first-order chi connectivity index (χ1) is 9.33. The highest BCUT2D eigenvalue weighted by Gasteiger charge is 2.20. The molecule has 0 spiro atoms. The molecule has 3 heteroatoms. The van der Waals surface area contributed by atoms with Gasteiger partial charge in [-0.2, -0.15) is 5.26 Å². The van der Waals surface area contributed by atoms with Crippen molar-refractivity contribution in [2.75, 3.05) is 26.7 Å². The fraction of sp³-hybridized carbons (Fsp3) is 0.562. The van der Waals surface area contributed by atoms with Crippen molar-refractivity contribution in [1.82, 2.24) is 4.90 Å². The Balaban J connectivity index is 1.93. The van der Waals surface area contributed by atoms with Crippen molar-refractivity contribution in [3.05, 3.63) is 29.8 Å². The van der Waals surface area contributed by atoms with Crippen LogP contribution in [0.1, 0.15) is 24.8 Å². The summed E-state index contributed by atoms with van der Waals surface area (Å²) in [6.07, 6.45) is 4.24. The van der Waals surface area contributed by atoms with Crippen molar-refractivity contribution in [1.29, 1.82) is 5.26 Å². The summed E-state index contributed by atoms with van der Waals surface area (Å²) in [5, 5.41) is 8.67. The van der Waals surface area contributed by atoms with Gasteiger partial charge in [-0.1, -0.05) is 18.2 Å². The molecule has 1 aromatic rings. The third-order valence-corrected chi connectivity index (χ3v) is 3.84. The zero-order valence-corrected chi connectivity index (χ0v) is 11.6. The number of hydrogen-bond donors (Lipinski definition) is 0. The molecule has 1 fully saturated rings. The molecule has 1 atom stereocenters. The Labute approximate surface area is 115 Å². The maximum absolute atomic E-state index is 8.67. The summed E-state index contributed by atoms with van der Waals surface area (Å²) in [5.74, 6) is 1.68. The molecule has 1 heterocycles. The maximum Gasteiger partial charge on any atom is 0.122 e. The minimum atomic E-state index is 0.640. The highest BCUT2D eigenvalue weighted by atomic mass is 16.5. The van der Waals surface area contributed by atoms with Gasteiger partial charge in [-0.25, -0.2) is 0 Å². The van der Waals surface area contributed by atoms with E-state index < -0.39 is 0 Å². The van der Waals surface area contributed by atoms with Crippen LogP contribution >= 0.6 is 0 Å². The van der Waals surface area contributed by atoms with Gasteiger partial charge >= 0.3 is 0 Å². The quantitative estimate of drug-likeness (QED) is 0.815. The van der Waals surface area contributed by atoms with Crippen molar-refractivity contribution in [2.45, 2.75) is 25.7 Å². The minimum absolute atomic E-state index is 0.640. The number of likely N-dealkylation sites (tertiary alicyclic amines) is 1. The summed E-state index contributed by atoms with van der Waals surface area (Å²) in [7, 11) is 1.74. The average Bonchev–Trinajstić information content (AvgIpc) is 2.46. The van der Waals surface area contributed by atoms with E-state index in [1.165, 1.54) is 18.4 Å². The molecule has 0 saturated carbocycles. The van der Waals surface area contributed by atoms with Crippen molar-refractivity contribution >= 4 is 0 Å². The fourth-order valence-corrected chi connectivity index (χ4v) is 2.91. The number of nitriles is 1. The van der Waals surface area contributed by atoms with E-state index in [0.717, 1.165) is 31.8 Å². The Morgan fingerprint density at radius 3 is 3.05 bits per heavy atom. The zero-order valence-electron chi connectivity index (χ0n) is 11.6. The van der Waals surface area contributed by atoms with Crippen molar-refractivity contribution < 1.29 is 4.74 Å². The number of nitrogens with zero attached hydrogens (tertiary/aromatic N) is 2. The number of methoxy groups -OCH3 is 1. The van der Waals surface area contributed by atoms with Crippen molar-refractivity contribution in [3.63, 3.8) is 0 Å². The number of rotatable bonds is 5. The topological polar surface area (TPSA) is 36.3 Å². The van der Waals surface area contributed by atoms with Crippen LogP contribution in [-0.4, -0.2) is 31.6 Å².